The Labute approximate surface area is 166 Å². The molecule has 0 fully saturated rings. The first kappa shape index (κ1) is 19.3. The molecule has 1 aromatic heterocycles. The van der Waals surface area contributed by atoms with Crippen LogP contribution in [0.1, 0.15) is 12.5 Å². The van der Waals surface area contributed by atoms with Crippen molar-refractivity contribution in [2.45, 2.75) is 6.92 Å². The maximum absolute atomic E-state index is 11.2. The van der Waals surface area contributed by atoms with Gasteiger partial charge in [0.15, 0.2) is 17.3 Å². The summed E-state index contributed by atoms with van der Waals surface area (Å²) >= 11 is 5.28. The summed E-state index contributed by atoms with van der Waals surface area (Å²) in [7, 11) is 3.10. The number of hydrogen-bond acceptors (Lipinski definition) is 7. The number of nitrogens with one attached hydrogen (secondary N) is 1. The standard InChI is InChI=1S/C19H18N4O4S/c1-12(24)27-16-9-4-13(10-17(16)26-3)11-20-23-18(21-22-19(23)28)14-5-7-15(25-2)8-6-14/h4-11H,1-3H3,(H,22,28)/b20-11-. The highest BCUT2D eigenvalue weighted by Gasteiger charge is 2.10. The molecule has 0 unspecified atom stereocenters. The number of esters is 1. The van der Waals surface area contributed by atoms with Crippen LogP contribution in [0.3, 0.4) is 0 Å². The third kappa shape index (κ3) is 4.26. The van der Waals surface area contributed by atoms with Gasteiger partial charge in [0.25, 0.3) is 0 Å². The molecular weight excluding hydrogens is 380 g/mol. The topological polar surface area (TPSA) is 90.7 Å². The van der Waals surface area contributed by atoms with Crippen LogP contribution in [0.15, 0.2) is 47.6 Å². The summed E-state index contributed by atoms with van der Waals surface area (Å²) in [6.07, 6.45) is 1.61. The van der Waals surface area contributed by atoms with Crippen molar-refractivity contribution in [2.75, 3.05) is 14.2 Å². The van der Waals surface area contributed by atoms with Crippen LogP contribution < -0.4 is 14.2 Å². The van der Waals surface area contributed by atoms with Gasteiger partial charge in [-0.25, -0.2) is 5.10 Å². The molecule has 0 bridgehead atoms. The highest BCUT2D eigenvalue weighted by Crippen LogP contribution is 2.28. The van der Waals surface area contributed by atoms with E-state index in [1.54, 1.807) is 31.5 Å². The molecule has 0 aliphatic heterocycles. The molecule has 28 heavy (non-hydrogen) atoms. The van der Waals surface area contributed by atoms with E-state index in [4.69, 9.17) is 26.4 Å². The van der Waals surface area contributed by atoms with E-state index in [1.807, 2.05) is 24.3 Å². The predicted molar refractivity (Wildman–Crippen MR) is 107 cm³/mol. The van der Waals surface area contributed by atoms with Crippen molar-refractivity contribution in [3.05, 3.63) is 52.8 Å². The quantitative estimate of drug-likeness (QED) is 0.296. The van der Waals surface area contributed by atoms with Gasteiger partial charge in [0.1, 0.15) is 5.75 Å². The van der Waals surface area contributed by atoms with Crippen LogP contribution in [0.5, 0.6) is 17.2 Å². The molecule has 3 rings (SSSR count). The van der Waals surface area contributed by atoms with E-state index >= 15 is 0 Å². The number of rotatable bonds is 6. The molecule has 0 saturated carbocycles. The Morgan fingerprint density at radius 3 is 2.54 bits per heavy atom. The van der Waals surface area contributed by atoms with E-state index < -0.39 is 5.97 Å². The molecule has 1 N–H and O–H groups in total. The molecule has 0 atom stereocenters. The third-order valence-electron chi connectivity index (χ3n) is 3.76. The minimum absolute atomic E-state index is 0.339. The largest absolute Gasteiger partial charge is 0.497 e. The van der Waals surface area contributed by atoms with Crippen molar-refractivity contribution in [1.29, 1.82) is 0 Å². The summed E-state index contributed by atoms with van der Waals surface area (Å²) in [5.41, 5.74) is 1.56. The zero-order valence-electron chi connectivity index (χ0n) is 15.5. The molecule has 0 radical (unpaired) electrons. The maximum atomic E-state index is 11.2. The average molecular weight is 398 g/mol. The second-order valence-corrected chi connectivity index (χ2v) is 6.03. The summed E-state index contributed by atoms with van der Waals surface area (Å²) < 4.78 is 17.4. The van der Waals surface area contributed by atoms with E-state index in [0.717, 1.165) is 16.9 Å². The fraction of sp³-hybridized carbons (Fsp3) is 0.158. The van der Waals surface area contributed by atoms with E-state index in [1.165, 1.54) is 18.7 Å². The van der Waals surface area contributed by atoms with Crippen LogP contribution >= 0.6 is 12.2 Å². The number of aromatic nitrogens is 3. The first-order valence-electron chi connectivity index (χ1n) is 8.24. The Hall–Kier alpha value is -3.46. The summed E-state index contributed by atoms with van der Waals surface area (Å²) in [5.74, 6) is 1.64. The number of nitrogens with zero attached hydrogens (tertiary/aromatic N) is 3. The van der Waals surface area contributed by atoms with E-state index in [-0.39, 0.29) is 0 Å². The molecule has 144 valence electrons. The summed E-state index contributed by atoms with van der Waals surface area (Å²) in [4.78, 5) is 11.2. The van der Waals surface area contributed by atoms with E-state index in [9.17, 15) is 4.79 Å². The van der Waals surface area contributed by atoms with Gasteiger partial charge in [-0.2, -0.15) is 14.9 Å². The van der Waals surface area contributed by atoms with Gasteiger partial charge in [0.2, 0.25) is 4.77 Å². The second-order valence-electron chi connectivity index (χ2n) is 5.64. The number of methoxy groups -OCH3 is 2. The fourth-order valence-electron chi connectivity index (χ4n) is 2.45. The summed E-state index contributed by atoms with van der Waals surface area (Å²) in [5, 5.41) is 11.4. The van der Waals surface area contributed by atoms with Gasteiger partial charge in [0, 0.05) is 12.5 Å². The molecule has 3 aromatic rings. The Morgan fingerprint density at radius 2 is 1.89 bits per heavy atom. The lowest BCUT2D eigenvalue weighted by Crippen LogP contribution is -2.03. The van der Waals surface area contributed by atoms with Crippen molar-refractivity contribution in [2.24, 2.45) is 5.10 Å². The van der Waals surface area contributed by atoms with Crippen LogP contribution in [0.2, 0.25) is 0 Å². The van der Waals surface area contributed by atoms with Gasteiger partial charge in [-0.3, -0.25) is 4.79 Å². The van der Waals surface area contributed by atoms with Gasteiger partial charge in [-0.1, -0.05) is 0 Å². The van der Waals surface area contributed by atoms with Gasteiger partial charge in [-0.15, -0.1) is 0 Å². The highest BCUT2D eigenvalue weighted by atomic mass is 32.1. The predicted octanol–water partition coefficient (Wildman–Crippen LogP) is 3.43. The summed E-state index contributed by atoms with van der Waals surface area (Å²) in [6, 6.07) is 12.5. The van der Waals surface area contributed by atoms with Crippen LogP contribution in [0.4, 0.5) is 0 Å². The molecular formula is C19H18N4O4S. The number of carbonyl (C=O) groups excluding carboxylic acids is 1. The second kappa shape index (κ2) is 8.49. The van der Waals surface area contributed by atoms with E-state index in [2.05, 4.69) is 15.3 Å². The minimum atomic E-state index is -0.423. The van der Waals surface area contributed by atoms with Crippen LogP contribution in [0.25, 0.3) is 11.4 Å². The number of H-pyrrole nitrogens is 1. The lowest BCUT2D eigenvalue weighted by atomic mass is 10.2. The maximum Gasteiger partial charge on any atom is 0.308 e. The molecule has 0 amide bonds. The Bertz CT molecular complexity index is 1070. The molecule has 0 saturated heterocycles. The highest BCUT2D eigenvalue weighted by molar-refractivity contribution is 7.71. The monoisotopic (exact) mass is 398 g/mol. The van der Waals surface area contributed by atoms with Crippen molar-refractivity contribution in [3.8, 4) is 28.6 Å². The first-order chi connectivity index (χ1) is 13.5. The molecule has 8 nitrogen and oxygen atoms in total. The fourth-order valence-corrected chi connectivity index (χ4v) is 2.63. The molecule has 0 aliphatic rings. The number of aromatic amines is 1. The van der Waals surface area contributed by atoms with Crippen LogP contribution in [0, 0.1) is 4.77 Å². The molecule has 0 aliphatic carbocycles. The lowest BCUT2D eigenvalue weighted by molar-refractivity contribution is -0.132. The first-order valence-corrected chi connectivity index (χ1v) is 8.65. The minimum Gasteiger partial charge on any atom is -0.497 e. The third-order valence-corrected chi connectivity index (χ3v) is 4.03. The van der Waals surface area contributed by atoms with Crippen molar-refractivity contribution in [3.63, 3.8) is 0 Å². The van der Waals surface area contributed by atoms with Gasteiger partial charge >= 0.3 is 5.97 Å². The average Bonchev–Trinajstić information content (AvgIpc) is 3.07. The summed E-state index contributed by atoms with van der Waals surface area (Å²) in [6.45, 7) is 1.33. The van der Waals surface area contributed by atoms with Crippen molar-refractivity contribution < 1.29 is 19.0 Å². The van der Waals surface area contributed by atoms with Gasteiger partial charge in [0.05, 0.1) is 20.4 Å². The van der Waals surface area contributed by atoms with E-state index in [0.29, 0.717) is 22.1 Å². The smallest absolute Gasteiger partial charge is 0.308 e. The number of benzene rings is 2. The van der Waals surface area contributed by atoms with Crippen molar-refractivity contribution in [1.82, 2.24) is 14.9 Å². The SMILES string of the molecule is COc1ccc(-c2n[nH]c(=S)n2/N=C\c2ccc(OC(C)=O)c(OC)c2)cc1. The zero-order valence-corrected chi connectivity index (χ0v) is 16.3. The zero-order chi connectivity index (χ0) is 20.1. The van der Waals surface area contributed by atoms with Crippen LogP contribution in [-0.2, 0) is 4.79 Å². The van der Waals surface area contributed by atoms with Gasteiger partial charge in [-0.05, 0) is 60.2 Å². The van der Waals surface area contributed by atoms with Crippen LogP contribution in [-0.4, -0.2) is 41.3 Å². The number of ether oxygens (including phenoxy) is 3. The molecule has 2 aromatic carbocycles. The number of hydrogen-bond donors (Lipinski definition) is 1. The van der Waals surface area contributed by atoms with Gasteiger partial charge < -0.3 is 14.2 Å². The molecule has 1 heterocycles. The lowest BCUT2D eigenvalue weighted by Gasteiger charge is -2.08. The Kier molecular flexibility index (Phi) is 5.85. The Morgan fingerprint density at radius 1 is 1.14 bits per heavy atom. The molecule has 9 heteroatoms. The Balaban J connectivity index is 1.91. The van der Waals surface area contributed by atoms with Crippen molar-refractivity contribution >= 4 is 24.4 Å². The normalized spacial score (nSPS) is 10.8. The molecule has 0 spiro atoms. The number of carbonyl (C=O) groups is 1.